The molecule has 0 amide bonds. The minimum Gasteiger partial charge on any atom is -0.369 e. The van der Waals surface area contributed by atoms with Gasteiger partial charge in [0, 0.05) is 18.7 Å². The Morgan fingerprint density at radius 3 is 2.30 bits per heavy atom. The number of halogens is 1. The molecule has 3 rings (SSSR count). The van der Waals surface area contributed by atoms with Gasteiger partial charge in [-0.1, -0.05) is 60.4 Å². The summed E-state index contributed by atoms with van der Waals surface area (Å²) in [6.07, 6.45) is 4.93. The molecule has 2 nitrogen and oxygen atoms in total. The fourth-order valence-electron chi connectivity index (χ4n) is 3.46. The summed E-state index contributed by atoms with van der Waals surface area (Å²) in [6, 6.07) is 20.9. The van der Waals surface area contributed by atoms with Crippen molar-refractivity contribution >= 4 is 12.4 Å². The third-order valence-electron chi connectivity index (χ3n) is 5.12. The Labute approximate surface area is 170 Å². The van der Waals surface area contributed by atoms with E-state index in [4.69, 9.17) is 4.74 Å². The number of piperidine rings is 1. The molecule has 0 bridgehead atoms. The fourth-order valence-corrected chi connectivity index (χ4v) is 3.46. The van der Waals surface area contributed by atoms with E-state index in [1.807, 2.05) is 30.3 Å². The first-order valence-corrected chi connectivity index (χ1v) is 9.78. The maximum absolute atomic E-state index is 5.70. The van der Waals surface area contributed by atoms with E-state index in [2.05, 4.69) is 47.1 Å². The van der Waals surface area contributed by atoms with Crippen molar-refractivity contribution in [3.63, 3.8) is 0 Å². The van der Waals surface area contributed by atoms with E-state index in [9.17, 15) is 0 Å². The Morgan fingerprint density at radius 1 is 0.926 bits per heavy atom. The number of ether oxygens (including phenoxy) is 1. The van der Waals surface area contributed by atoms with Gasteiger partial charge in [-0.05, 0) is 62.4 Å². The molecule has 0 spiro atoms. The van der Waals surface area contributed by atoms with Gasteiger partial charge < -0.3 is 9.64 Å². The zero-order valence-corrected chi connectivity index (χ0v) is 16.8. The summed E-state index contributed by atoms with van der Waals surface area (Å²) in [5.41, 5.74) is 2.50. The Bertz CT molecular complexity index is 685. The molecule has 0 unspecified atom stereocenters. The summed E-state index contributed by atoms with van der Waals surface area (Å²) >= 11 is 0. The fraction of sp³-hybridized carbons (Fsp3) is 0.417. The van der Waals surface area contributed by atoms with E-state index < -0.39 is 0 Å². The molecule has 0 N–H and O–H groups in total. The predicted octanol–water partition coefficient (Wildman–Crippen LogP) is 4.82. The van der Waals surface area contributed by atoms with Crippen molar-refractivity contribution in [1.29, 1.82) is 0 Å². The van der Waals surface area contributed by atoms with Gasteiger partial charge in [-0.3, -0.25) is 0 Å². The van der Waals surface area contributed by atoms with Crippen molar-refractivity contribution in [2.75, 3.05) is 32.8 Å². The molecule has 1 fully saturated rings. The molecule has 1 aliphatic rings. The maximum atomic E-state index is 5.70. The summed E-state index contributed by atoms with van der Waals surface area (Å²) in [4.78, 5) is 2.61. The van der Waals surface area contributed by atoms with Crippen LogP contribution in [-0.2, 0) is 11.2 Å². The Hall–Kier alpha value is -1.79. The standard InChI is InChI=1S/C24H29NO.ClH/c1-3-8-22(9-4-1)12-7-20-26-21-16-24-14-18-25(19-15-24)17-13-23-10-5-2-6-11-23;/h1-6,8-11,24H,13-21H2;1H. The molecule has 0 aliphatic carbocycles. The summed E-state index contributed by atoms with van der Waals surface area (Å²) in [7, 11) is 0. The molecule has 3 heteroatoms. The van der Waals surface area contributed by atoms with Crippen LogP contribution in [-0.4, -0.2) is 37.7 Å². The number of rotatable bonds is 7. The molecule has 0 radical (unpaired) electrons. The lowest BCUT2D eigenvalue weighted by atomic mass is 9.94. The highest BCUT2D eigenvalue weighted by molar-refractivity contribution is 5.85. The average molecular weight is 384 g/mol. The molecule has 1 saturated heterocycles. The second-order valence-electron chi connectivity index (χ2n) is 7.03. The van der Waals surface area contributed by atoms with Gasteiger partial charge in [0.1, 0.15) is 6.61 Å². The topological polar surface area (TPSA) is 12.5 Å². The minimum atomic E-state index is 0. The largest absolute Gasteiger partial charge is 0.369 e. The van der Waals surface area contributed by atoms with Crippen molar-refractivity contribution < 1.29 is 4.74 Å². The number of hydrogen-bond donors (Lipinski definition) is 0. The second kappa shape index (κ2) is 12.6. The van der Waals surface area contributed by atoms with Crippen LogP contribution in [0.3, 0.4) is 0 Å². The van der Waals surface area contributed by atoms with E-state index >= 15 is 0 Å². The van der Waals surface area contributed by atoms with E-state index in [0.717, 1.165) is 24.5 Å². The quantitative estimate of drug-likeness (QED) is 0.502. The summed E-state index contributed by atoms with van der Waals surface area (Å²) < 4.78 is 5.70. The van der Waals surface area contributed by atoms with Crippen LogP contribution in [0.2, 0.25) is 0 Å². The molecule has 2 aromatic rings. The van der Waals surface area contributed by atoms with Crippen LogP contribution in [0.25, 0.3) is 0 Å². The van der Waals surface area contributed by atoms with Crippen molar-refractivity contribution in [1.82, 2.24) is 4.90 Å². The smallest absolute Gasteiger partial charge is 0.108 e. The summed E-state index contributed by atoms with van der Waals surface area (Å²) in [6.45, 7) is 5.00. The molecule has 0 saturated carbocycles. The number of benzene rings is 2. The van der Waals surface area contributed by atoms with Gasteiger partial charge in [0.25, 0.3) is 0 Å². The first-order chi connectivity index (χ1) is 12.9. The molecule has 1 aliphatic heterocycles. The highest BCUT2D eigenvalue weighted by Gasteiger charge is 2.18. The third kappa shape index (κ3) is 8.18. The van der Waals surface area contributed by atoms with Crippen molar-refractivity contribution in [3.05, 3.63) is 71.8 Å². The van der Waals surface area contributed by atoms with Crippen LogP contribution in [0, 0.1) is 17.8 Å². The maximum Gasteiger partial charge on any atom is 0.108 e. The van der Waals surface area contributed by atoms with Gasteiger partial charge in [-0.15, -0.1) is 12.4 Å². The first kappa shape index (κ1) is 21.5. The van der Waals surface area contributed by atoms with Gasteiger partial charge in [-0.2, -0.15) is 0 Å². The van der Waals surface area contributed by atoms with Crippen molar-refractivity contribution in [2.24, 2.45) is 5.92 Å². The third-order valence-corrected chi connectivity index (χ3v) is 5.12. The van der Waals surface area contributed by atoms with Gasteiger partial charge in [-0.25, -0.2) is 0 Å². The van der Waals surface area contributed by atoms with E-state index in [-0.39, 0.29) is 12.4 Å². The monoisotopic (exact) mass is 383 g/mol. The summed E-state index contributed by atoms with van der Waals surface area (Å²) in [5.74, 6) is 7.04. The van der Waals surface area contributed by atoms with Gasteiger partial charge in [0.15, 0.2) is 0 Å². The van der Waals surface area contributed by atoms with Gasteiger partial charge in [0.05, 0.1) is 0 Å². The second-order valence-corrected chi connectivity index (χ2v) is 7.03. The Morgan fingerprint density at radius 2 is 1.59 bits per heavy atom. The molecule has 0 aromatic heterocycles. The van der Waals surface area contributed by atoms with Gasteiger partial charge in [0.2, 0.25) is 0 Å². The minimum absolute atomic E-state index is 0. The lowest BCUT2D eigenvalue weighted by molar-refractivity contribution is 0.121. The zero-order chi connectivity index (χ0) is 17.9. The van der Waals surface area contributed by atoms with Crippen LogP contribution in [0.4, 0.5) is 0 Å². The highest BCUT2D eigenvalue weighted by atomic mass is 35.5. The van der Waals surface area contributed by atoms with Crippen molar-refractivity contribution in [3.8, 4) is 11.8 Å². The molecule has 0 atom stereocenters. The van der Waals surface area contributed by atoms with Crippen LogP contribution in [0.15, 0.2) is 60.7 Å². The molecular formula is C24H30ClNO. The molecular weight excluding hydrogens is 354 g/mol. The van der Waals surface area contributed by atoms with Crippen LogP contribution in [0.5, 0.6) is 0 Å². The lowest BCUT2D eigenvalue weighted by Gasteiger charge is -2.31. The van der Waals surface area contributed by atoms with Gasteiger partial charge >= 0.3 is 0 Å². The summed E-state index contributed by atoms with van der Waals surface area (Å²) in [5, 5.41) is 0. The van der Waals surface area contributed by atoms with E-state index in [0.29, 0.717) is 6.61 Å². The number of nitrogens with zero attached hydrogens (tertiary/aromatic N) is 1. The molecule has 2 aromatic carbocycles. The number of likely N-dealkylation sites (tertiary alicyclic amines) is 1. The normalized spacial score (nSPS) is 14.8. The van der Waals surface area contributed by atoms with Crippen LogP contribution < -0.4 is 0 Å². The Balaban J connectivity index is 0.00000261. The average Bonchev–Trinajstić information content (AvgIpc) is 2.71. The Kier molecular flexibility index (Phi) is 10.0. The molecule has 1 heterocycles. The van der Waals surface area contributed by atoms with Crippen molar-refractivity contribution in [2.45, 2.75) is 25.7 Å². The van der Waals surface area contributed by atoms with Crippen LogP contribution in [0.1, 0.15) is 30.4 Å². The zero-order valence-electron chi connectivity index (χ0n) is 16.0. The molecule has 27 heavy (non-hydrogen) atoms. The van der Waals surface area contributed by atoms with E-state index in [1.165, 1.54) is 44.5 Å². The SMILES string of the molecule is C(#Cc1ccccc1)COCCC1CCN(CCc2ccccc2)CC1.Cl. The van der Waals surface area contributed by atoms with E-state index in [1.54, 1.807) is 0 Å². The number of hydrogen-bond acceptors (Lipinski definition) is 2. The highest BCUT2D eigenvalue weighted by Crippen LogP contribution is 2.20. The van der Waals surface area contributed by atoms with Crippen LogP contribution >= 0.6 is 12.4 Å². The molecule has 144 valence electrons. The predicted molar refractivity (Wildman–Crippen MR) is 115 cm³/mol. The lowest BCUT2D eigenvalue weighted by Crippen LogP contribution is -2.35. The first-order valence-electron chi connectivity index (χ1n) is 9.78.